The third-order valence-corrected chi connectivity index (χ3v) is 4.95. The number of hydrogen-bond donors (Lipinski definition) is 1. The number of benzene rings is 1. The summed E-state index contributed by atoms with van der Waals surface area (Å²) in [6.45, 7) is 8.89. The average Bonchev–Trinajstić information content (AvgIpc) is 3.35. The highest BCUT2D eigenvalue weighted by Crippen LogP contribution is 2.40. The summed E-state index contributed by atoms with van der Waals surface area (Å²) in [5.74, 6) is 0.824. The van der Waals surface area contributed by atoms with Crippen molar-refractivity contribution >= 4 is 0 Å². The minimum Gasteiger partial charge on any atom is -0.329 e. The fourth-order valence-corrected chi connectivity index (χ4v) is 3.55. The highest BCUT2D eigenvalue weighted by Gasteiger charge is 2.27. The van der Waals surface area contributed by atoms with Crippen LogP contribution in [0.4, 0.5) is 0 Å². The third kappa shape index (κ3) is 3.65. The monoisotopic (exact) mass is 287 g/mol. The second-order valence-corrected chi connectivity index (χ2v) is 6.57. The van der Waals surface area contributed by atoms with Crippen LogP contribution >= 0.6 is 0 Å². The zero-order valence-corrected chi connectivity index (χ0v) is 13.3. The Bertz CT molecular complexity index is 448. The van der Waals surface area contributed by atoms with E-state index in [1.807, 2.05) is 0 Å². The molecule has 116 valence electrons. The van der Waals surface area contributed by atoms with Crippen LogP contribution in [0.2, 0.25) is 0 Å². The van der Waals surface area contributed by atoms with E-state index in [9.17, 15) is 0 Å². The summed E-state index contributed by atoms with van der Waals surface area (Å²) in [4.78, 5) is 5.16. The summed E-state index contributed by atoms with van der Waals surface area (Å²) in [5.41, 5.74) is 9.06. The Morgan fingerprint density at radius 3 is 2.57 bits per heavy atom. The summed E-state index contributed by atoms with van der Waals surface area (Å²) in [5, 5.41) is 0. The van der Waals surface area contributed by atoms with Crippen LogP contribution in [-0.2, 0) is 0 Å². The quantitative estimate of drug-likeness (QED) is 0.873. The van der Waals surface area contributed by atoms with Gasteiger partial charge in [-0.15, -0.1) is 0 Å². The van der Waals surface area contributed by atoms with Crippen molar-refractivity contribution in [2.75, 3.05) is 39.3 Å². The van der Waals surface area contributed by atoms with Gasteiger partial charge in [0, 0.05) is 38.8 Å². The molecule has 1 saturated carbocycles. The van der Waals surface area contributed by atoms with Crippen molar-refractivity contribution in [2.45, 2.75) is 38.1 Å². The van der Waals surface area contributed by atoms with Gasteiger partial charge < -0.3 is 10.6 Å². The molecule has 3 heteroatoms. The molecule has 1 saturated heterocycles. The minimum absolute atomic E-state index is 0.396. The Labute approximate surface area is 129 Å². The first-order chi connectivity index (χ1) is 10.3. The standard InChI is InChI=1S/C18H29N3/c1-2-8-20-9-11-21(12-10-20)18(14-19)17-5-3-4-16(13-17)15-6-7-15/h3-5,13,15,18H,2,6-12,14,19H2,1H3. The molecule has 2 N–H and O–H groups in total. The molecule has 3 nitrogen and oxygen atoms in total. The number of rotatable bonds is 6. The fraction of sp³-hybridized carbons (Fsp3) is 0.667. The van der Waals surface area contributed by atoms with Crippen molar-refractivity contribution in [3.05, 3.63) is 35.4 Å². The van der Waals surface area contributed by atoms with E-state index in [-0.39, 0.29) is 0 Å². The van der Waals surface area contributed by atoms with Crippen LogP contribution in [0, 0.1) is 0 Å². The van der Waals surface area contributed by atoms with E-state index in [0.29, 0.717) is 6.04 Å². The van der Waals surface area contributed by atoms with Crippen molar-refractivity contribution in [1.29, 1.82) is 0 Å². The number of nitrogens with two attached hydrogens (primary N) is 1. The smallest absolute Gasteiger partial charge is 0.0471 e. The largest absolute Gasteiger partial charge is 0.329 e. The van der Waals surface area contributed by atoms with Crippen LogP contribution < -0.4 is 5.73 Å². The maximum Gasteiger partial charge on any atom is 0.0471 e. The van der Waals surface area contributed by atoms with Gasteiger partial charge in [-0.05, 0) is 42.9 Å². The number of hydrogen-bond acceptors (Lipinski definition) is 3. The van der Waals surface area contributed by atoms with E-state index in [1.165, 1.54) is 50.0 Å². The van der Waals surface area contributed by atoms with E-state index < -0.39 is 0 Å². The summed E-state index contributed by atoms with van der Waals surface area (Å²) >= 11 is 0. The second kappa shape index (κ2) is 6.91. The molecule has 1 aromatic carbocycles. The van der Waals surface area contributed by atoms with Crippen LogP contribution in [0.15, 0.2) is 24.3 Å². The molecule has 1 aromatic rings. The molecule has 0 spiro atoms. The maximum absolute atomic E-state index is 6.12. The molecule has 1 unspecified atom stereocenters. The maximum atomic E-state index is 6.12. The van der Waals surface area contributed by atoms with Crippen molar-refractivity contribution in [1.82, 2.24) is 9.80 Å². The Hall–Kier alpha value is -0.900. The van der Waals surface area contributed by atoms with Crippen molar-refractivity contribution in [2.24, 2.45) is 5.73 Å². The Morgan fingerprint density at radius 1 is 1.19 bits per heavy atom. The van der Waals surface area contributed by atoms with Crippen LogP contribution in [0.3, 0.4) is 0 Å². The number of piperazine rings is 1. The van der Waals surface area contributed by atoms with E-state index in [4.69, 9.17) is 5.73 Å². The predicted octanol–water partition coefficient (Wildman–Crippen LogP) is 2.59. The lowest BCUT2D eigenvalue weighted by molar-refractivity contribution is 0.0985. The van der Waals surface area contributed by atoms with E-state index in [2.05, 4.69) is 41.0 Å². The highest BCUT2D eigenvalue weighted by atomic mass is 15.3. The Kier molecular flexibility index (Phi) is 4.94. The molecule has 0 amide bonds. The van der Waals surface area contributed by atoms with Crippen molar-refractivity contribution in [3.63, 3.8) is 0 Å². The van der Waals surface area contributed by atoms with Crippen LogP contribution in [-0.4, -0.2) is 49.1 Å². The SMILES string of the molecule is CCCN1CCN(C(CN)c2cccc(C3CC3)c2)CC1. The molecule has 21 heavy (non-hydrogen) atoms. The van der Waals surface area contributed by atoms with Crippen molar-refractivity contribution < 1.29 is 0 Å². The van der Waals surface area contributed by atoms with Gasteiger partial charge >= 0.3 is 0 Å². The lowest BCUT2D eigenvalue weighted by atomic mass is 10.00. The lowest BCUT2D eigenvalue weighted by Gasteiger charge is -2.39. The molecule has 1 heterocycles. The van der Waals surface area contributed by atoms with E-state index in [1.54, 1.807) is 0 Å². The molecule has 1 aliphatic carbocycles. The molecule has 2 aliphatic rings. The molecule has 0 radical (unpaired) electrons. The van der Waals surface area contributed by atoms with Crippen LogP contribution in [0.5, 0.6) is 0 Å². The van der Waals surface area contributed by atoms with Gasteiger partial charge in [-0.3, -0.25) is 4.90 Å². The highest BCUT2D eigenvalue weighted by molar-refractivity contribution is 5.31. The Morgan fingerprint density at radius 2 is 1.95 bits per heavy atom. The molecule has 2 fully saturated rings. The number of nitrogens with zero attached hydrogens (tertiary/aromatic N) is 2. The molecular formula is C18H29N3. The molecule has 0 bridgehead atoms. The van der Waals surface area contributed by atoms with Gasteiger partial charge in [0.15, 0.2) is 0 Å². The fourth-order valence-electron chi connectivity index (χ4n) is 3.55. The first kappa shape index (κ1) is 15.0. The zero-order chi connectivity index (χ0) is 14.7. The van der Waals surface area contributed by atoms with Crippen LogP contribution in [0.1, 0.15) is 49.3 Å². The van der Waals surface area contributed by atoms with Gasteiger partial charge in [-0.1, -0.05) is 31.2 Å². The Balaban J connectivity index is 1.66. The topological polar surface area (TPSA) is 32.5 Å². The van der Waals surface area contributed by atoms with E-state index >= 15 is 0 Å². The normalized spacial score (nSPS) is 22.4. The summed E-state index contributed by atoms with van der Waals surface area (Å²) < 4.78 is 0. The van der Waals surface area contributed by atoms with Gasteiger partial charge in [0.2, 0.25) is 0 Å². The molecule has 1 aliphatic heterocycles. The minimum atomic E-state index is 0.396. The summed E-state index contributed by atoms with van der Waals surface area (Å²) in [7, 11) is 0. The first-order valence-corrected chi connectivity index (χ1v) is 8.58. The lowest BCUT2D eigenvalue weighted by Crippen LogP contribution is -2.49. The third-order valence-electron chi connectivity index (χ3n) is 4.95. The van der Waals surface area contributed by atoms with Gasteiger partial charge in [-0.2, -0.15) is 0 Å². The molecule has 0 aromatic heterocycles. The molecule has 1 atom stereocenters. The molecule has 3 rings (SSSR count). The second-order valence-electron chi connectivity index (χ2n) is 6.57. The first-order valence-electron chi connectivity index (χ1n) is 8.58. The van der Waals surface area contributed by atoms with Crippen LogP contribution in [0.25, 0.3) is 0 Å². The summed E-state index contributed by atoms with van der Waals surface area (Å²) in [6.07, 6.45) is 3.99. The average molecular weight is 287 g/mol. The van der Waals surface area contributed by atoms with Gasteiger partial charge in [0.1, 0.15) is 0 Å². The summed E-state index contributed by atoms with van der Waals surface area (Å²) in [6, 6.07) is 9.58. The van der Waals surface area contributed by atoms with Gasteiger partial charge in [0.05, 0.1) is 0 Å². The van der Waals surface area contributed by atoms with Crippen molar-refractivity contribution in [3.8, 4) is 0 Å². The molecular weight excluding hydrogens is 258 g/mol. The van der Waals surface area contributed by atoms with Gasteiger partial charge in [0.25, 0.3) is 0 Å². The predicted molar refractivity (Wildman–Crippen MR) is 88.5 cm³/mol. The zero-order valence-electron chi connectivity index (χ0n) is 13.3. The van der Waals surface area contributed by atoms with Gasteiger partial charge in [-0.25, -0.2) is 0 Å². The van der Waals surface area contributed by atoms with E-state index in [0.717, 1.165) is 25.6 Å².